The van der Waals surface area contributed by atoms with Crippen molar-refractivity contribution in [1.29, 1.82) is 0 Å². The van der Waals surface area contributed by atoms with Gasteiger partial charge >= 0.3 is 0 Å². The van der Waals surface area contributed by atoms with E-state index in [2.05, 4.69) is 5.32 Å². The van der Waals surface area contributed by atoms with E-state index in [1.165, 1.54) is 0 Å². The lowest BCUT2D eigenvalue weighted by atomic mass is 10.1. The van der Waals surface area contributed by atoms with Crippen LogP contribution in [0.2, 0.25) is 0 Å². The normalized spacial score (nSPS) is 18.8. The van der Waals surface area contributed by atoms with Gasteiger partial charge in [0, 0.05) is 31.8 Å². The third kappa shape index (κ3) is 4.45. The molecule has 23 heavy (non-hydrogen) atoms. The zero-order chi connectivity index (χ0) is 16.8. The Balaban J connectivity index is 1.97. The highest BCUT2D eigenvalue weighted by atomic mass is 16.5. The number of nitrogens with one attached hydrogen (secondary N) is 1. The molecule has 0 unspecified atom stereocenters. The average molecular weight is 320 g/mol. The molecule has 0 aromatic heterocycles. The van der Waals surface area contributed by atoms with Crippen LogP contribution >= 0.6 is 0 Å². The second-order valence-corrected chi connectivity index (χ2v) is 5.70. The first-order valence-corrected chi connectivity index (χ1v) is 7.87. The van der Waals surface area contributed by atoms with Crippen molar-refractivity contribution in [1.82, 2.24) is 5.32 Å². The predicted octanol–water partition coefficient (Wildman–Crippen LogP) is 1.59. The molecule has 0 saturated carbocycles. The third-order valence-electron chi connectivity index (χ3n) is 3.76. The van der Waals surface area contributed by atoms with Crippen molar-refractivity contribution in [3.63, 3.8) is 0 Å². The summed E-state index contributed by atoms with van der Waals surface area (Å²) < 4.78 is 10.4. The zero-order valence-corrected chi connectivity index (χ0v) is 13.9. The lowest BCUT2D eigenvalue weighted by Gasteiger charge is -2.18. The van der Waals surface area contributed by atoms with Crippen LogP contribution in [0.1, 0.15) is 20.3 Å². The van der Waals surface area contributed by atoms with Gasteiger partial charge in [0.1, 0.15) is 5.75 Å². The van der Waals surface area contributed by atoms with E-state index < -0.39 is 0 Å². The molecule has 0 radical (unpaired) electrons. The standard InChI is InChI=1S/C17H24N2O4/c1-4-23-15-7-5-14(6-8-15)19-10-13(9-16(19)20)17(21)18-12(2)11-22-3/h5-8,12-13H,4,9-11H2,1-3H3,(H,18,21)/t12-,13+/m1/s1. The lowest BCUT2D eigenvalue weighted by Crippen LogP contribution is -2.40. The smallest absolute Gasteiger partial charge is 0.227 e. The first-order chi connectivity index (χ1) is 11.0. The zero-order valence-electron chi connectivity index (χ0n) is 13.9. The SMILES string of the molecule is CCOc1ccc(N2C[C@@H](C(=O)N[C@H](C)COC)CC2=O)cc1. The number of amides is 2. The quantitative estimate of drug-likeness (QED) is 0.828. The molecule has 6 nitrogen and oxygen atoms in total. The van der Waals surface area contributed by atoms with E-state index in [0.29, 0.717) is 19.8 Å². The van der Waals surface area contributed by atoms with E-state index in [0.717, 1.165) is 11.4 Å². The van der Waals surface area contributed by atoms with Gasteiger partial charge in [-0.25, -0.2) is 0 Å². The van der Waals surface area contributed by atoms with E-state index in [-0.39, 0.29) is 30.2 Å². The summed E-state index contributed by atoms with van der Waals surface area (Å²) in [6.07, 6.45) is 0.235. The van der Waals surface area contributed by atoms with Crippen molar-refractivity contribution in [2.45, 2.75) is 26.3 Å². The van der Waals surface area contributed by atoms with Crippen molar-refractivity contribution in [3.05, 3.63) is 24.3 Å². The Morgan fingerprint density at radius 2 is 2.09 bits per heavy atom. The summed E-state index contributed by atoms with van der Waals surface area (Å²) >= 11 is 0. The maximum absolute atomic E-state index is 12.2. The minimum absolute atomic E-state index is 0.0336. The van der Waals surface area contributed by atoms with Gasteiger partial charge in [-0.15, -0.1) is 0 Å². The molecule has 1 heterocycles. The van der Waals surface area contributed by atoms with Crippen molar-refractivity contribution in [2.24, 2.45) is 5.92 Å². The number of hydrogen-bond donors (Lipinski definition) is 1. The first-order valence-electron chi connectivity index (χ1n) is 7.87. The van der Waals surface area contributed by atoms with Crippen LogP contribution in [-0.2, 0) is 14.3 Å². The molecule has 1 aromatic carbocycles. The summed E-state index contributed by atoms with van der Waals surface area (Å²) in [5.41, 5.74) is 0.790. The number of anilines is 1. The maximum Gasteiger partial charge on any atom is 0.227 e. The molecule has 1 saturated heterocycles. The largest absolute Gasteiger partial charge is 0.494 e. The molecule has 1 aromatic rings. The van der Waals surface area contributed by atoms with E-state index in [1.54, 1.807) is 12.0 Å². The Morgan fingerprint density at radius 1 is 1.39 bits per heavy atom. The van der Waals surface area contributed by atoms with Crippen molar-refractivity contribution in [2.75, 3.05) is 31.8 Å². The molecular formula is C17H24N2O4. The second kappa shape index (κ2) is 7.97. The van der Waals surface area contributed by atoms with Crippen LogP contribution in [0.5, 0.6) is 5.75 Å². The summed E-state index contributed by atoms with van der Waals surface area (Å²) in [5, 5.41) is 2.88. The van der Waals surface area contributed by atoms with Gasteiger partial charge in [-0.05, 0) is 38.1 Å². The summed E-state index contributed by atoms with van der Waals surface area (Å²) in [6.45, 7) is 5.26. The number of ether oxygens (including phenoxy) is 2. The molecule has 0 spiro atoms. The summed E-state index contributed by atoms with van der Waals surface area (Å²) in [7, 11) is 1.59. The molecule has 2 amide bonds. The fraction of sp³-hybridized carbons (Fsp3) is 0.529. The molecule has 2 rings (SSSR count). The van der Waals surface area contributed by atoms with Crippen LogP contribution in [0.25, 0.3) is 0 Å². The number of hydrogen-bond acceptors (Lipinski definition) is 4. The Hall–Kier alpha value is -2.08. The molecule has 1 N–H and O–H groups in total. The van der Waals surface area contributed by atoms with Gasteiger partial charge in [-0.2, -0.15) is 0 Å². The Labute approximate surface area is 136 Å². The van der Waals surface area contributed by atoms with Crippen LogP contribution in [0.3, 0.4) is 0 Å². The number of benzene rings is 1. The van der Waals surface area contributed by atoms with Crippen molar-refractivity contribution in [3.8, 4) is 5.75 Å². The van der Waals surface area contributed by atoms with Gasteiger partial charge in [-0.1, -0.05) is 0 Å². The molecule has 126 valence electrons. The average Bonchev–Trinajstić information content (AvgIpc) is 2.91. The van der Waals surface area contributed by atoms with E-state index in [4.69, 9.17) is 9.47 Å². The fourth-order valence-corrected chi connectivity index (χ4v) is 2.67. The topological polar surface area (TPSA) is 67.9 Å². The number of nitrogens with zero attached hydrogens (tertiary/aromatic N) is 1. The van der Waals surface area contributed by atoms with Crippen LogP contribution in [0, 0.1) is 5.92 Å². The predicted molar refractivity (Wildman–Crippen MR) is 87.6 cm³/mol. The third-order valence-corrected chi connectivity index (χ3v) is 3.76. The highest BCUT2D eigenvalue weighted by Gasteiger charge is 2.35. The van der Waals surface area contributed by atoms with E-state index in [1.807, 2.05) is 38.1 Å². The number of carbonyl (C=O) groups is 2. The molecular weight excluding hydrogens is 296 g/mol. The number of methoxy groups -OCH3 is 1. The molecule has 1 aliphatic heterocycles. The Bertz CT molecular complexity index is 544. The molecule has 2 atom stereocenters. The van der Waals surface area contributed by atoms with E-state index in [9.17, 15) is 9.59 Å². The number of rotatable bonds is 7. The highest BCUT2D eigenvalue weighted by Crippen LogP contribution is 2.27. The molecule has 0 bridgehead atoms. The molecule has 1 aliphatic rings. The lowest BCUT2D eigenvalue weighted by molar-refractivity contribution is -0.127. The fourth-order valence-electron chi connectivity index (χ4n) is 2.67. The summed E-state index contributed by atoms with van der Waals surface area (Å²) in [4.78, 5) is 26.1. The monoisotopic (exact) mass is 320 g/mol. The van der Waals surface area contributed by atoms with Crippen molar-refractivity contribution >= 4 is 17.5 Å². The summed E-state index contributed by atoms with van der Waals surface area (Å²) in [5.74, 6) is 0.309. The van der Waals surface area contributed by atoms with Gasteiger partial charge in [0.2, 0.25) is 11.8 Å². The van der Waals surface area contributed by atoms with Gasteiger partial charge in [0.15, 0.2) is 0 Å². The first kappa shape index (κ1) is 17.3. The Kier molecular flexibility index (Phi) is 5.98. The van der Waals surface area contributed by atoms with Gasteiger partial charge in [0.25, 0.3) is 0 Å². The van der Waals surface area contributed by atoms with Crippen LogP contribution in [0.4, 0.5) is 5.69 Å². The maximum atomic E-state index is 12.2. The van der Waals surface area contributed by atoms with Gasteiger partial charge in [-0.3, -0.25) is 9.59 Å². The minimum Gasteiger partial charge on any atom is -0.494 e. The van der Waals surface area contributed by atoms with Crippen molar-refractivity contribution < 1.29 is 19.1 Å². The van der Waals surface area contributed by atoms with Crippen LogP contribution in [-0.4, -0.2) is 44.7 Å². The van der Waals surface area contributed by atoms with E-state index >= 15 is 0 Å². The second-order valence-electron chi connectivity index (χ2n) is 5.70. The van der Waals surface area contributed by atoms with Crippen LogP contribution < -0.4 is 15.0 Å². The van der Waals surface area contributed by atoms with Crippen LogP contribution in [0.15, 0.2) is 24.3 Å². The number of carbonyl (C=O) groups excluding carboxylic acids is 2. The Morgan fingerprint density at radius 3 is 2.70 bits per heavy atom. The molecule has 1 fully saturated rings. The van der Waals surface area contributed by atoms with Gasteiger partial charge in [0.05, 0.1) is 19.1 Å². The highest BCUT2D eigenvalue weighted by molar-refractivity contribution is 6.00. The molecule has 6 heteroatoms. The summed E-state index contributed by atoms with van der Waals surface area (Å²) in [6, 6.07) is 7.29. The minimum atomic E-state index is -0.326. The van der Waals surface area contributed by atoms with Gasteiger partial charge < -0.3 is 19.7 Å². The molecule has 0 aliphatic carbocycles.